The summed E-state index contributed by atoms with van der Waals surface area (Å²) in [4.78, 5) is 45.8. The number of hydrogen-bond donors (Lipinski definition) is 2. The van der Waals surface area contributed by atoms with E-state index in [0.717, 1.165) is 12.8 Å². The number of rotatable bonds is 5. The highest BCUT2D eigenvalue weighted by Gasteiger charge is 2.81. The number of hydrogen-bond acceptors (Lipinski definition) is 5. The average Bonchev–Trinajstić information content (AvgIpc) is 3.66. The van der Waals surface area contributed by atoms with Crippen molar-refractivity contribution in [3.8, 4) is 5.75 Å². The molecule has 0 radical (unpaired) electrons. The van der Waals surface area contributed by atoms with E-state index in [4.69, 9.17) is 16.3 Å². The molecule has 0 aliphatic carbocycles. The van der Waals surface area contributed by atoms with E-state index < -0.39 is 16.9 Å². The van der Waals surface area contributed by atoms with Crippen molar-refractivity contribution in [2.24, 2.45) is 5.92 Å². The normalized spacial score (nSPS) is 28.4. The highest BCUT2D eigenvalue weighted by atomic mass is 35.5. The standard InChI is InChI=1S/C31H28ClN3O4/c1-2-15-39-20-8-5-7-18(16-20)27(36)26-25-11-6-14-35(25)31(22-17-19(32)12-13-24(22)34-29(31)38)30(26)21-9-3-4-10-23(21)33-28(30)37/h3-5,7-10,12-13,16-17,25-26H,2,6,11,14-15H2,1H3,(H,33,37)(H,34,38)/t25-,26-,30+,31+/m0/s1. The lowest BCUT2D eigenvalue weighted by atomic mass is 9.57. The number of halogens is 1. The third-order valence-electron chi connectivity index (χ3n) is 8.93. The van der Waals surface area contributed by atoms with Crippen molar-refractivity contribution in [1.29, 1.82) is 0 Å². The molecule has 4 heterocycles. The van der Waals surface area contributed by atoms with Crippen molar-refractivity contribution in [2.45, 2.75) is 43.2 Å². The summed E-state index contributed by atoms with van der Waals surface area (Å²) in [6, 6.07) is 19.6. The van der Waals surface area contributed by atoms with Gasteiger partial charge in [0.2, 0.25) is 5.91 Å². The van der Waals surface area contributed by atoms with Gasteiger partial charge in [-0.2, -0.15) is 0 Å². The Hall–Kier alpha value is -3.68. The van der Waals surface area contributed by atoms with E-state index in [1.165, 1.54) is 0 Å². The number of ether oxygens (including phenoxy) is 1. The van der Waals surface area contributed by atoms with Crippen LogP contribution in [-0.2, 0) is 20.5 Å². The van der Waals surface area contributed by atoms with E-state index in [-0.39, 0.29) is 23.6 Å². The first kappa shape index (κ1) is 24.4. The minimum Gasteiger partial charge on any atom is -0.494 e. The number of amides is 2. The van der Waals surface area contributed by atoms with Gasteiger partial charge in [0, 0.05) is 33.6 Å². The number of ketones is 1. The van der Waals surface area contributed by atoms with Gasteiger partial charge in [-0.05, 0) is 67.8 Å². The van der Waals surface area contributed by atoms with E-state index >= 15 is 0 Å². The van der Waals surface area contributed by atoms with E-state index in [0.29, 0.717) is 58.4 Å². The van der Waals surface area contributed by atoms with Crippen molar-refractivity contribution in [3.63, 3.8) is 0 Å². The molecule has 3 aromatic carbocycles. The van der Waals surface area contributed by atoms with Crippen LogP contribution >= 0.6 is 11.6 Å². The molecule has 0 aromatic heterocycles. The van der Waals surface area contributed by atoms with E-state index in [2.05, 4.69) is 15.5 Å². The number of Topliss-reactive ketones (excluding diaryl/α,β-unsaturated/α-hetero) is 1. The highest BCUT2D eigenvalue weighted by Crippen LogP contribution is 2.68. The van der Waals surface area contributed by atoms with Crippen LogP contribution in [0.5, 0.6) is 5.75 Å². The Labute approximate surface area is 231 Å². The van der Waals surface area contributed by atoms with Crippen molar-refractivity contribution >= 4 is 40.6 Å². The average molecular weight is 542 g/mol. The lowest BCUT2D eigenvalue weighted by molar-refractivity contribution is -0.137. The van der Waals surface area contributed by atoms with Gasteiger partial charge < -0.3 is 15.4 Å². The highest BCUT2D eigenvalue weighted by molar-refractivity contribution is 6.31. The summed E-state index contributed by atoms with van der Waals surface area (Å²) >= 11 is 6.52. The first-order valence-corrected chi connectivity index (χ1v) is 13.9. The molecular weight excluding hydrogens is 514 g/mol. The zero-order chi connectivity index (χ0) is 26.9. The van der Waals surface area contributed by atoms with E-state index in [1.54, 1.807) is 30.3 Å². The Morgan fingerprint density at radius 1 is 1.00 bits per heavy atom. The fourth-order valence-electron chi connectivity index (χ4n) is 7.69. The molecule has 2 saturated heterocycles. The molecule has 198 valence electrons. The van der Waals surface area contributed by atoms with Crippen LogP contribution < -0.4 is 15.4 Å². The number of para-hydroxylation sites is 1. The van der Waals surface area contributed by atoms with Gasteiger partial charge in [-0.1, -0.05) is 48.9 Å². The van der Waals surface area contributed by atoms with Crippen LogP contribution in [0.1, 0.15) is 47.7 Å². The smallest absolute Gasteiger partial charge is 0.251 e. The number of nitrogens with one attached hydrogen (secondary N) is 2. The Kier molecular flexibility index (Phi) is 5.41. The SMILES string of the molecule is CCCOc1cccc(C(=O)[C@@H]2[C@@H]3CCCN3[C@]3(C(=O)Nc4ccc(Cl)cc43)[C@@]23C(=O)Nc2ccccc23)c1. The zero-order valence-corrected chi connectivity index (χ0v) is 22.3. The summed E-state index contributed by atoms with van der Waals surface area (Å²) in [6.45, 7) is 3.15. The number of benzene rings is 3. The third kappa shape index (κ3) is 3.00. The van der Waals surface area contributed by atoms with Crippen LogP contribution in [0, 0.1) is 5.92 Å². The van der Waals surface area contributed by atoms with Gasteiger partial charge in [0.1, 0.15) is 16.7 Å². The molecule has 7 rings (SSSR count). The summed E-state index contributed by atoms with van der Waals surface area (Å²) < 4.78 is 5.84. The number of nitrogens with zero attached hydrogens (tertiary/aromatic N) is 1. The maximum absolute atomic E-state index is 14.7. The van der Waals surface area contributed by atoms with Crippen molar-refractivity contribution < 1.29 is 19.1 Å². The van der Waals surface area contributed by atoms with Crippen LogP contribution in [-0.4, -0.2) is 41.7 Å². The second kappa shape index (κ2) is 8.66. The molecule has 2 N–H and O–H groups in total. The van der Waals surface area contributed by atoms with Crippen LogP contribution in [0.2, 0.25) is 5.02 Å². The molecule has 2 spiro atoms. The number of carbonyl (C=O) groups excluding carboxylic acids is 3. The van der Waals surface area contributed by atoms with Gasteiger partial charge in [0.05, 0.1) is 12.5 Å². The maximum atomic E-state index is 14.7. The second-order valence-electron chi connectivity index (χ2n) is 10.8. The lowest BCUT2D eigenvalue weighted by Crippen LogP contribution is -2.62. The number of carbonyl (C=O) groups is 3. The summed E-state index contributed by atoms with van der Waals surface area (Å²) in [6.07, 6.45) is 2.36. The fraction of sp³-hybridized carbons (Fsp3) is 0.323. The molecule has 4 aliphatic heterocycles. The van der Waals surface area contributed by atoms with Gasteiger partial charge in [-0.15, -0.1) is 0 Å². The molecule has 2 amide bonds. The monoisotopic (exact) mass is 541 g/mol. The van der Waals surface area contributed by atoms with Gasteiger partial charge in [0.25, 0.3) is 5.91 Å². The van der Waals surface area contributed by atoms with Crippen molar-refractivity contribution in [3.05, 3.63) is 88.4 Å². The van der Waals surface area contributed by atoms with Gasteiger partial charge in [-0.3, -0.25) is 19.3 Å². The summed E-state index contributed by atoms with van der Waals surface area (Å²) in [5.74, 6) is -0.993. The second-order valence-corrected chi connectivity index (χ2v) is 11.2. The maximum Gasteiger partial charge on any atom is 0.251 e. The minimum absolute atomic E-state index is 0.166. The Morgan fingerprint density at radius 3 is 2.64 bits per heavy atom. The first-order valence-electron chi connectivity index (χ1n) is 13.5. The molecule has 0 unspecified atom stereocenters. The zero-order valence-electron chi connectivity index (χ0n) is 21.5. The molecule has 39 heavy (non-hydrogen) atoms. The van der Waals surface area contributed by atoms with E-state index in [9.17, 15) is 14.4 Å². The molecule has 4 atom stereocenters. The molecule has 4 aliphatic rings. The summed E-state index contributed by atoms with van der Waals surface area (Å²) in [5, 5.41) is 6.58. The van der Waals surface area contributed by atoms with Gasteiger partial charge in [-0.25, -0.2) is 0 Å². The molecule has 2 fully saturated rings. The van der Waals surface area contributed by atoms with Crippen molar-refractivity contribution in [1.82, 2.24) is 4.90 Å². The molecule has 8 heteroatoms. The van der Waals surface area contributed by atoms with E-state index in [1.807, 2.05) is 43.3 Å². The summed E-state index contributed by atoms with van der Waals surface area (Å²) in [5.41, 5.74) is 0.115. The molecule has 0 saturated carbocycles. The Balaban J connectivity index is 1.52. The molecular formula is C31H28ClN3O4. The molecule has 7 nitrogen and oxygen atoms in total. The van der Waals surface area contributed by atoms with Crippen molar-refractivity contribution in [2.75, 3.05) is 23.8 Å². The van der Waals surface area contributed by atoms with Crippen LogP contribution in [0.4, 0.5) is 11.4 Å². The Bertz CT molecular complexity index is 1560. The lowest BCUT2D eigenvalue weighted by Gasteiger charge is -2.43. The van der Waals surface area contributed by atoms with Crippen LogP contribution in [0.3, 0.4) is 0 Å². The topological polar surface area (TPSA) is 87.7 Å². The summed E-state index contributed by atoms with van der Waals surface area (Å²) in [7, 11) is 0. The molecule has 3 aromatic rings. The third-order valence-corrected chi connectivity index (χ3v) is 9.17. The number of anilines is 2. The van der Waals surface area contributed by atoms with Gasteiger partial charge >= 0.3 is 0 Å². The van der Waals surface area contributed by atoms with Crippen LogP contribution in [0.15, 0.2) is 66.7 Å². The predicted octanol–water partition coefficient (Wildman–Crippen LogP) is 5.14. The largest absolute Gasteiger partial charge is 0.494 e. The van der Waals surface area contributed by atoms with Crippen LogP contribution in [0.25, 0.3) is 0 Å². The Morgan fingerprint density at radius 2 is 1.79 bits per heavy atom. The predicted molar refractivity (Wildman–Crippen MR) is 148 cm³/mol. The number of fused-ring (bicyclic) bond motifs is 7. The van der Waals surface area contributed by atoms with Gasteiger partial charge in [0.15, 0.2) is 5.78 Å². The quantitative estimate of drug-likeness (QED) is 0.437. The minimum atomic E-state index is -1.49. The first-order chi connectivity index (χ1) is 18.9. The molecule has 0 bridgehead atoms. The fourth-order valence-corrected chi connectivity index (χ4v) is 7.86.